The van der Waals surface area contributed by atoms with E-state index in [1.807, 2.05) is 44.2 Å². The monoisotopic (exact) mass is 236 g/mol. The molecule has 0 saturated carbocycles. The Morgan fingerprint density at radius 2 is 2.06 bits per heavy atom. The predicted octanol–water partition coefficient (Wildman–Crippen LogP) is 3.96. The molecule has 0 fully saturated rings. The minimum absolute atomic E-state index is 0.252. The Hall–Kier alpha value is -1.41. The van der Waals surface area contributed by atoms with Crippen molar-refractivity contribution in [3.8, 4) is 11.5 Å². The molecule has 1 aromatic carbocycles. The molecule has 0 saturated heterocycles. The molecule has 1 aromatic rings. The largest absolute Gasteiger partial charge is 0.457 e. The number of ether oxygens (including phenoxy) is 2. The van der Waals surface area contributed by atoms with Gasteiger partial charge in [-0.05, 0) is 32.1 Å². The van der Waals surface area contributed by atoms with Crippen LogP contribution in [0.4, 0.5) is 0 Å². The number of hydrogen-bond acceptors (Lipinski definition) is 2. The van der Waals surface area contributed by atoms with E-state index in [0.717, 1.165) is 17.1 Å². The van der Waals surface area contributed by atoms with Gasteiger partial charge in [0.15, 0.2) is 0 Å². The highest BCUT2D eigenvalue weighted by Gasteiger charge is 2.12. The highest BCUT2D eigenvalue weighted by atomic mass is 35.5. The third kappa shape index (κ3) is 2.39. The molecule has 1 aliphatic rings. The first-order valence-electron chi connectivity index (χ1n) is 5.07. The first-order valence-corrected chi connectivity index (χ1v) is 5.45. The minimum Gasteiger partial charge on any atom is -0.457 e. The molecular weight excluding hydrogens is 224 g/mol. The average Bonchev–Trinajstić information content (AvgIpc) is 2.26. The average molecular weight is 237 g/mol. The Morgan fingerprint density at radius 1 is 1.25 bits per heavy atom. The summed E-state index contributed by atoms with van der Waals surface area (Å²) in [6, 6.07) is 5.64. The van der Waals surface area contributed by atoms with Crippen LogP contribution >= 0.6 is 11.6 Å². The van der Waals surface area contributed by atoms with Crippen LogP contribution in [0.2, 0.25) is 0 Å². The number of benzene rings is 1. The Kier molecular flexibility index (Phi) is 3.20. The molecule has 0 N–H and O–H groups in total. The predicted molar refractivity (Wildman–Crippen MR) is 65.8 cm³/mol. The van der Waals surface area contributed by atoms with Gasteiger partial charge in [-0.25, -0.2) is 0 Å². The van der Waals surface area contributed by atoms with Gasteiger partial charge in [-0.15, -0.1) is 0 Å². The molecule has 0 atom stereocenters. The topological polar surface area (TPSA) is 18.5 Å². The van der Waals surface area contributed by atoms with Gasteiger partial charge in [-0.2, -0.15) is 0 Å². The van der Waals surface area contributed by atoms with E-state index in [2.05, 4.69) is 0 Å². The zero-order valence-corrected chi connectivity index (χ0v) is 10.0. The molecule has 2 rings (SSSR count). The lowest BCUT2D eigenvalue weighted by Gasteiger charge is -2.18. The van der Waals surface area contributed by atoms with Gasteiger partial charge in [-0.1, -0.05) is 23.3 Å². The maximum atomic E-state index is 6.21. The summed E-state index contributed by atoms with van der Waals surface area (Å²) < 4.78 is 10.6. The lowest BCUT2D eigenvalue weighted by molar-refractivity contribution is 0.105. The molecule has 16 heavy (non-hydrogen) atoms. The molecule has 1 heterocycles. The van der Waals surface area contributed by atoms with Crippen LogP contribution in [-0.2, 0) is 0 Å². The molecule has 2 bridgehead atoms. The minimum atomic E-state index is 0.252. The van der Waals surface area contributed by atoms with Crippen molar-refractivity contribution in [3.63, 3.8) is 0 Å². The Balaban J connectivity index is 2.34. The second-order valence-electron chi connectivity index (χ2n) is 3.82. The molecular formula is C13H13ClO2. The van der Waals surface area contributed by atoms with Gasteiger partial charge >= 0.3 is 0 Å². The van der Waals surface area contributed by atoms with Gasteiger partial charge in [-0.3, -0.25) is 0 Å². The van der Waals surface area contributed by atoms with Crippen LogP contribution in [0.5, 0.6) is 11.5 Å². The number of fused-ring (bicyclic) bond motifs is 2. The molecule has 0 amide bonds. The van der Waals surface area contributed by atoms with E-state index in [4.69, 9.17) is 21.1 Å². The molecule has 3 heteroatoms. The van der Waals surface area contributed by atoms with Gasteiger partial charge < -0.3 is 9.47 Å². The van der Waals surface area contributed by atoms with Crippen molar-refractivity contribution in [2.45, 2.75) is 13.8 Å². The lowest BCUT2D eigenvalue weighted by atomic mass is 10.1. The van der Waals surface area contributed by atoms with Crippen molar-refractivity contribution in [3.05, 3.63) is 41.5 Å². The summed E-state index contributed by atoms with van der Waals surface area (Å²) in [6.45, 7) is 4.30. The van der Waals surface area contributed by atoms with Crippen LogP contribution < -0.4 is 9.47 Å². The van der Waals surface area contributed by atoms with Crippen LogP contribution in [-0.4, -0.2) is 6.79 Å². The standard InChI is InChI=1S/C13H13ClO2/c1-9(2)3-6-12(14)11-5-4-10-7-13(11)16-8-15-10/h3-7H,8H2,1-2H3/b12-6-. The van der Waals surface area contributed by atoms with E-state index >= 15 is 0 Å². The third-order valence-corrected chi connectivity index (χ3v) is 2.54. The normalized spacial score (nSPS) is 13.8. The lowest BCUT2D eigenvalue weighted by Crippen LogP contribution is -2.11. The van der Waals surface area contributed by atoms with Crippen molar-refractivity contribution in [1.29, 1.82) is 0 Å². The van der Waals surface area contributed by atoms with Crippen molar-refractivity contribution >= 4 is 16.6 Å². The fourth-order valence-corrected chi connectivity index (χ4v) is 1.62. The van der Waals surface area contributed by atoms with E-state index in [9.17, 15) is 0 Å². The SMILES string of the molecule is CC(C)=C/C=C(\Cl)c1ccc2cc1OCO2. The fourth-order valence-electron chi connectivity index (χ4n) is 1.40. The van der Waals surface area contributed by atoms with Crippen LogP contribution in [0.1, 0.15) is 19.4 Å². The van der Waals surface area contributed by atoms with Gasteiger partial charge in [0, 0.05) is 11.6 Å². The summed E-state index contributed by atoms with van der Waals surface area (Å²) in [7, 11) is 0. The quantitative estimate of drug-likeness (QED) is 0.724. The summed E-state index contributed by atoms with van der Waals surface area (Å²) in [6.07, 6.45) is 3.85. The second-order valence-corrected chi connectivity index (χ2v) is 4.23. The highest BCUT2D eigenvalue weighted by molar-refractivity contribution is 6.49. The van der Waals surface area contributed by atoms with E-state index in [0.29, 0.717) is 5.03 Å². The summed E-state index contributed by atoms with van der Waals surface area (Å²) in [5, 5.41) is 0.671. The summed E-state index contributed by atoms with van der Waals surface area (Å²) in [5.41, 5.74) is 2.10. The van der Waals surface area contributed by atoms with Gasteiger partial charge in [0.05, 0.1) is 5.03 Å². The number of rotatable bonds is 2. The van der Waals surface area contributed by atoms with Crippen molar-refractivity contribution in [2.24, 2.45) is 0 Å². The van der Waals surface area contributed by atoms with E-state index < -0.39 is 0 Å². The fraction of sp³-hybridized carbons (Fsp3) is 0.231. The molecule has 2 nitrogen and oxygen atoms in total. The van der Waals surface area contributed by atoms with Crippen molar-refractivity contribution in [1.82, 2.24) is 0 Å². The van der Waals surface area contributed by atoms with E-state index in [-0.39, 0.29) is 6.79 Å². The van der Waals surface area contributed by atoms with Gasteiger partial charge in [0.1, 0.15) is 11.5 Å². The zero-order valence-electron chi connectivity index (χ0n) is 9.29. The summed E-state index contributed by atoms with van der Waals surface area (Å²) in [4.78, 5) is 0. The number of halogens is 1. The highest BCUT2D eigenvalue weighted by Crippen LogP contribution is 2.34. The summed E-state index contributed by atoms with van der Waals surface area (Å²) >= 11 is 6.21. The molecule has 84 valence electrons. The van der Waals surface area contributed by atoms with Crippen molar-refractivity contribution < 1.29 is 9.47 Å². The van der Waals surface area contributed by atoms with Crippen LogP contribution in [0.15, 0.2) is 35.9 Å². The molecule has 0 spiro atoms. The number of hydrogen-bond donors (Lipinski definition) is 0. The molecule has 0 aromatic heterocycles. The van der Waals surface area contributed by atoms with Gasteiger partial charge in [0.25, 0.3) is 0 Å². The first kappa shape index (κ1) is 11.1. The van der Waals surface area contributed by atoms with Crippen molar-refractivity contribution in [2.75, 3.05) is 6.79 Å². The molecule has 0 radical (unpaired) electrons. The molecule has 1 aliphatic heterocycles. The van der Waals surface area contributed by atoms with E-state index in [1.165, 1.54) is 5.57 Å². The second kappa shape index (κ2) is 4.62. The Bertz CT molecular complexity index is 457. The van der Waals surface area contributed by atoms with Crippen LogP contribution in [0.3, 0.4) is 0 Å². The first-order chi connectivity index (χ1) is 7.66. The zero-order chi connectivity index (χ0) is 11.5. The smallest absolute Gasteiger partial charge is 0.230 e. The Morgan fingerprint density at radius 3 is 2.81 bits per heavy atom. The van der Waals surface area contributed by atoms with Gasteiger partial charge in [0.2, 0.25) is 6.79 Å². The molecule has 0 aliphatic carbocycles. The Labute approximate surface area is 100 Å². The van der Waals surface area contributed by atoms with Crippen LogP contribution in [0.25, 0.3) is 5.03 Å². The maximum Gasteiger partial charge on any atom is 0.230 e. The summed E-state index contributed by atoms with van der Waals surface area (Å²) in [5.74, 6) is 1.59. The third-order valence-electron chi connectivity index (χ3n) is 2.21. The maximum absolute atomic E-state index is 6.21. The van der Waals surface area contributed by atoms with E-state index in [1.54, 1.807) is 0 Å². The van der Waals surface area contributed by atoms with Crippen LogP contribution in [0, 0.1) is 0 Å². The number of allylic oxidation sites excluding steroid dienone is 3. The molecule has 0 unspecified atom stereocenters.